The van der Waals surface area contributed by atoms with E-state index in [-0.39, 0.29) is 51.4 Å². The summed E-state index contributed by atoms with van der Waals surface area (Å²) in [5.41, 5.74) is 0. The van der Waals surface area contributed by atoms with Crippen LogP contribution in [0.2, 0.25) is 0 Å². The standard InChI is InChI=1S/ClH.K.3O.Re.H/h1H;;;;;;/q;;;;;+1;/p-1. The Kier molecular flexibility index (Phi) is 7.12. The van der Waals surface area contributed by atoms with Gasteiger partial charge in [-0.3, -0.25) is 0 Å². The minimum absolute atomic E-state index is 0. The Balaban J connectivity index is 0. The third kappa shape index (κ3) is 37.7. The Morgan fingerprint density at radius 1 is 1.17 bits per heavy atom. The molecule has 0 saturated carbocycles. The molecule has 34 valence electrons. The van der Waals surface area contributed by atoms with Crippen molar-refractivity contribution in [3.8, 4) is 0 Å². The van der Waals surface area contributed by atoms with E-state index >= 15 is 0 Å². The average molecular weight is 310 g/mol. The van der Waals surface area contributed by atoms with Crippen molar-refractivity contribution in [1.82, 2.24) is 0 Å². The molecule has 0 bridgehead atoms. The van der Waals surface area contributed by atoms with Gasteiger partial charge >= 0.3 is 85.7 Å². The fourth-order valence-corrected chi connectivity index (χ4v) is 0. The molecule has 0 rings (SSSR count). The average Bonchev–Trinajstić information content (AvgIpc) is 0.722. The van der Waals surface area contributed by atoms with E-state index in [0.29, 0.717) is 0 Å². The van der Waals surface area contributed by atoms with E-state index in [2.05, 4.69) is 9.53 Å². The summed E-state index contributed by atoms with van der Waals surface area (Å²) in [6.07, 6.45) is 0. The Bertz CT molecular complexity index is 132. The molecule has 0 aliphatic carbocycles. The van der Waals surface area contributed by atoms with Crippen molar-refractivity contribution in [3.63, 3.8) is 0 Å². The number of hydrogen-bond acceptors (Lipinski definition) is 3. The molecule has 0 amide bonds. The maximum absolute atomic E-state index is 8.96. The predicted octanol–water partition coefficient (Wildman–Crippen LogP) is -0.318. The van der Waals surface area contributed by atoms with Crippen molar-refractivity contribution in [2.45, 2.75) is 0 Å². The summed E-state index contributed by atoms with van der Waals surface area (Å²) >= 11 is -5.39. The molecule has 0 N–H and O–H groups in total. The van der Waals surface area contributed by atoms with E-state index in [9.17, 15) is 0 Å². The Labute approximate surface area is 83.7 Å². The second kappa shape index (κ2) is 3.93. The molecule has 6 heteroatoms. The number of halogens is 1. The third-order valence-corrected chi connectivity index (χ3v) is 0. The van der Waals surface area contributed by atoms with Crippen LogP contribution in [-0.4, -0.2) is 51.4 Å². The molecule has 3 nitrogen and oxygen atoms in total. The Morgan fingerprint density at radius 2 is 1.17 bits per heavy atom. The topological polar surface area (TPSA) is 51.2 Å². The first kappa shape index (κ1) is 10.9. The molecule has 0 aromatic carbocycles. The summed E-state index contributed by atoms with van der Waals surface area (Å²) in [6.45, 7) is 0. The molecule has 6 heavy (non-hydrogen) atoms. The van der Waals surface area contributed by atoms with Crippen LogP contribution in [0.25, 0.3) is 0 Å². The molecule has 0 aliphatic heterocycles. The van der Waals surface area contributed by atoms with Crippen LogP contribution in [0.5, 0.6) is 0 Å². The molecule has 0 unspecified atom stereocenters. The van der Waals surface area contributed by atoms with E-state index in [4.69, 9.17) is 10.4 Å². The number of rotatable bonds is 0. The van der Waals surface area contributed by atoms with Gasteiger partial charge in [-0.2, -0.15) is 0 Å². The van der Waals surface area contributed by atoms with Gasteiger partial charge in [-0.1, -0.05) is 0 Å². The first-order valence-electron chi connectivity index (χ1n) is 0.606. The SMILES string of the molecule is [KH].[O]=[Re](=[O])(=[O])[Cl]. The van der Waals surface area contributed by atoms with Gasteiger partial charge in [-0.05, 0) is 0 Å². The van der Waals surface area contributed by atoms with Crippen LogP contribution in [0, 0.1) is 0 Å². The van der Waals surface area contributed by atoms with Gasteiger partial charge in [0.2, 0.25) is 0 Å². The predicted molar refractivity (Wildman–Crippen MR) is 15.1 cm³/mol. The monoisotopic (exact) mass is 310 g/mol. The van der Waals surface area contributed by atoms with Gasteiger partial charge in [0, 0.05) is 0 Å². The minimum atomic E-state index is -5.39. The second-order valence-electron chi connectivity index (χ2n) is 0.364. The van der Waals surface area contributed by atoms with Crippen molar-refractivity contribution >= 4 is 60.9 Å². The molecule has 0 radical (unpaired) electrons. The van der Waals surface area contributed by atoms with Gasteiger partial charge in [0.1, 0.15) is 0 Å². The fourth-order valence-electron chi connectivity index (χ4n) is 0. The second-order valence-corrected chi connectivity index (χ2v) is 5.84. The number of hydrogen-bond donors (Lipinski definition) is 0. The van der Waals surface area contributed by atoms with Crippen LogP contribution in [0.15, 0.2) is 0 Å². The zero-order valence-electron chi connectivity index (χ0n) is 1.98. The van der Waals surface area contributed by atoms with Crippen molar-refractivity contribution in [2.24, 2.45) is 0 Å². The molecule has 0 atom stereocenters. The van der Waals surface area contributed by atoms with E-state index in [1.54, 1.807) is 0 Å². The molecule has 0 aromatic rings. The van der Waals surface area contributed by atoms with Crippen molar-refractivity contribution in [2.75, 3.05) is 0 Å². The van der Waals surface area contributed by atoms with Crippen LogP contribution < -0.4 is 0 Å². The van der Waals surface area contributed by atoms with E-state index in [1.807, 2.05) is 0 Å². The summed E-state index contributed by atoms with van der Waals surface area (Å²) in [5.74, 6) is 0. The van der Waals surface area contributed by atoms with Crippen LogP contribution in [0.4, 0.5) is 0 Å². The van der Waals surface area contributed by atoms with E-state index in [0.717, 1.165) is 0 Å². The zero-order chi connectivity index (χ0) is 4.50. The first-order valence-corrected chi connectivity index (χ1v) is 7.30. The van der Waals surface area contributed by atoms with Gasteiger partial charge in [-0.25, -0.2) is 0 Å². The van der Waals surface area contributed by atoms with Gasteiger partial charge in [0.05, 0.1) is 0 Å². The summed E-state index contributed by atoms with van der Waals surface area (Å²) in [6, 6.07) is 0. The third-order valence-electron chi connectivity index (χ3n) is 0. The van der Waals surface area contributed by atoms with Gasteiger partial charge in [0.15, 0.2) is 0 Å². The van der Waals surface area contributed by atoms with Crippen molar-refractivity contribution < 1.29 is 24.8 Å². The maximum atomic E-state index is 8.96. The van der Waals surface area contributed by atoms with Gasteiger partial charge in [0.25, 0.3) is 0 Å². The van der Waals surface area contributed by atoms with Crippen LogP contribution in [-0.2, 0) is 24.8 Å². The molecular formula is HClKO3Re. The van der Waals surface area contributed by atoms with Crippen molar-refractivity contribution in [1.29, 1.82) is 0 Å². The molecular weight excluding hydrogens is 309 g/mol. The Morgan fingerprint density at radius 3 is 1.17 bits per heavy atom. The van der Waals surface area contributed by atoms with E-state index < -0.39 is 14.4 Å². The fraction of sp³-hybridized carbons (Fsp3) is 0. The summed E-state index contributed by atoms with van der Waals surface area (Å²) in [7, 11) is 4.06. The van der Waals surface area contributed by atoms with Crippen LogP contribution in [0.1, 0.15) is 0 Å². The quantitative estimate of drug-likeness (QED) is 0.577. The normalized spacial score (nSPS) is 9.50. The molecule has 0 saturated heterocycles. The van der Waals surface area contributed by atoms with Crippen LogP contribution in [0.3, 0.4) is 0 Å². The van der Waals surface area contributed by atoms with E-state index in [1.165, 1.54) is 0 Å². The molecule has 0 aromatic heterocycles. The molecule has 0 aliphatic rings. The summed E-state index contributed by atoms with van der Waals surface area (Å²) in [4.78, 5) is 0. The summed E-state index contributed by atoms with van der Waals surface area (Å²) in [5, 5.41) is 0. The molecule has 0 heterocycles. The first-order chi connectivity index (χ1) is 2.00. The van der Waals surface area contributed by atoms with Gasteiger partial charge < -0.3 is 0 Å². The molecule has 0 fully saturated rings. The molecule has 0 spiro atoms. The van der Waals surface area contributed by atoms with Gasteiger partial charge in [-0.15, -0.1) is 0 Å². The zero-order valence-corrected chi connectivity index (χ0v) is 5.45. The van der Waals surface area contributed by atoms with Crippen LogP contribution >= 0.6 is 9.53 Å². The Hall–Kier alpha value is 1.99. The summed E-state index contributed by atoms with van der Waals surface area (Å²) < 4.78 is 26.9. The van der Waals surface area contributed by atoms with Crippen molar-refractivity contribution in [3.05, 3.63) is 0 Å².